The summed E-state index contributed by atoms with van der Waals surface area (Å²) in [4.78, 5) is 24.6. The lowest BCUT2D eigenvalue weighted by molar-refractivity contribution is -0.140. The number of ether oxygens (including phenoxy) is 1. The van der Waals surface area contributed by atoms with E-state index in [0.29, 0.717) is 19.6 Å². The van der Waals surface area contributed by atoms with Gasteiger partial charge in [-0.25, -0.2) is 0 Å². The molecule has 0 aromatic rings. The smallest absolute Gasteiger partial charge is 0.305 e. The Morgan fingerprint density at radius 2 is 2.00 bits per heavy atom. The summed E-state index contributed by atoms with van der Waals surface area (Å²) in [7, 11) is 0. The van der Waals surface area contributed by atoms with Crippen molar-refractivity contribution < 1.29 is 19.4 Å². The van der Waals surface area contributed by atoms with Crippen LogP contribution in [0.25, 0.3) is 0 Å². The third-order valence-corrected chi connectivity index (χ3v) is 4.06. The van der Waals surface area contributed by atoms with Crippen molar-refractivity contribution in [2.45, 2.75) is 50.7 Å². The number of hydrogen-bond donors (Lipinski definition) is 2. The molecule has 2 N–H and O–H groups in total. The lowest BCUT2D eigenvalue weighted by Crippen LogP contribution is -2.38. The summed E-state index contributed by atoms with van der Waals surface area (Å²) in [5, 5.41) is 12.1. The number of nitrogens with one attached hydrogen (secondary N) is 1. The van der Waals surface area contributed by atoms with Crippen LogP contribution in [0, 0.1) is 0 Å². The Labute approximate surface area is 119 Å². The maximum Gasteiger partial charge on any atom is 0.305 e. The molecule has 6 nitrogen and oxygen atoms in total. The summed E-state index contributed by atoms with van der Waals surface area (Å²) >= 11 is 0. The first-order valence-corrected chi connectivity index (χ1v) is 7.50. The van der Waals surface area contributed by atoms with Gasteiger partial charge in [0.2, 0.25) is 5.91 Å². The molecule has 2 aliphatic heterocycles. The van der Waals surface area contributed by atoms with Crippen LogP contribution in [0.3, 0.4) is 0 Å². The maximum absolute atomic E-state index is 12.1. The number of amides is 1. The molecule has 114 valence electrons. The highest BCUT2D eigenvalue weighted by molar-refractivity contribution is 5.78. The first-order valence-electron chi connectivity index (χ1n) is 7.50. The van der Waals surface area contributed by atoms with Crippen molar-refractivity contribution in [3.8, 4) is 0 Å². The van der Waals surface area contributed by atoms with Crippen LogP contribution in [-0.2, 0) is 14.3 Å². The second kappa shape index (κ2) is 7.59. The lowest BCUT2D eigenvalue weighted by Gasteiger charge is -2.25. The summed E-state index contributed by atoms with van der Waals surface area (Å²) in [6.07, 6.45) is 4.38. The van der Waals surface area contributed by atoms with Crippen LogP contribution in [0.15, 0.2) is 0 Å². The van der Waals surface area contributed by atoms with Gasteiger partial charge in [-0.2, -0.15) is 0 Å². The number of piperidine rings is 1. The fraction of sp³-hybridized carbons (Fsp3) is 0.857. The molecular formula is C14H24N2O4. The minimum atomic E-state index is -0.833. The van der Waals surface area contributed by atoms with E-state index in [0.717, 1.165) is 38.8 Å². The Kier molecular flexibility index (Phi) is 5.79. The topological polar surface area (TPSA) is 78.9 Å². The van der Waals surface area contributed by atoms with Gasteiger partial charge in [0.15, 0.2) is 0 Å². The second-order valence-corrected chi connectivity index (χ2v) is 5.55. The van der Waals surface area contributed by atoms with Crippen molar-refractivity contribution in [1.82, 2.24) is 10.2 Å². The molecule has 0 aliphatic carbocycles. The zero-order valence-electron chi connectivity index (χ0n) is 11.8. The summed E-state index contributed by atoms with van der Waals surface area (Å²) in [5.74, 6) is -0.802. The number of carboxylic acid groups (broad SMARTS) is 1. The zero-order chi connectivity index (χ0) is 14.4. The highest BCUT2D eigenvalue weighted by atomic mass is 16.5. The molecular weight excluding hydrogens is 260 g/mol. The van der Waals surface area contributed by atoms with E-state index in [1.54, 1.807) is 4.90 Å². The molecule has 1 amide bonds. The molecule has 0 aromatic carbocycles. The van der Waals surface area contributed by atoms with Gasteiger partial charge in [-0.05, 0) is 38.8 Å². The van der Waals surface area contributed by atoms with Gasteiger partial charge in [-0.15, -0.1) is 0 Å². The molecule has 20 heavy (non-hydrogen) atoms. The van der Waals surface area contributed by atoms with Gasteiger partial charge in [0.05, 0.1) is 25.6 Å². The van der Waals surface area contributed by atoms with Crippen LogP contribution >= 0.6 is 0 Å². The highest BCUT2D eigenvalue weighted by Gasteiger charge is 2.30. The molecule has 2 rings (SSSR count). The fourth-order valence-corrected chi connectivity index (χ4v) is 3.00. The molecule has 1 atom stereocenters. The Morgan fingerprint density at radius 3 is 2.70 bits per heavy atom. The van der Waals surface area contributed by atoms with E-state index in [1.807, 2.05) is 0 Å². The SMILES string of the molecule is O=C(O)CC1CCCN1C(=O)CCOC1CCNCC1. The number of nitrogens with zero attached hydrogens (tertiary/aromatic N) is 1. The van der Waals surface area contributed by atoms with Crippen molar-refractivity contribution in [2.24, 2.45) is 0 Å². The van der Waals surface area contributed by atoms with E-state index in [1.165, 1.54) is 0 Å². The molecule has 2 aliphatic rings. The molecule has 0 spiro atoms. The van der Waals surface area contributed by atoms with E-state index in [9.17, 15) is 9.59 Å². The van der Waals surface area contributed by atoms with Gasteiger partial charge < -0.3 is 20.1 Å². The Bertz CT molecular complexity index is 342. The van der Waals surface area contributed by atoms with Crippen LogP contribution in [0.2, 0.25) is 0 Å². The Hall–Kier alpha value is -1.14. The van der Waals surface area contributed by atoms with E-state index in [-0.39, 0.29) is 24.5 Å². The minimum absolute atomic E-state index is 0.0303. The highest BCUT2D eigenvalue weighted by Crippen LogP contribution is 2.21. The van der Waals surface area contributed by atoms with Crippen molar-refractivity contribution in [2.75, 3.05) is 26.2 Å². The van der Waals surface area contributed by atoms with E-state index in [2.05, 4.69) is 5.32 Å². The monoisotopic (exact) mass is 284 g/mol. The number of carboxylic acids is 1. The normalized spacial score (nSPS) is 24.0. The van der Waals surface area contributed by atoms with E-state index < -0.39 is 5.97 Å². The van der Waals surface area contributed by atoms with Gasteiger partial charge in [0, 0.05) is 12.6 Å². The summed E-state index contributed by atoms with van der Waals surface area (Å²) < 4.78 is 5.73. The average Bonchev–Trinajstić information content (AvgIpc) is 2.87. The van der Waals surface area contributed by atoms with Gasteiger partial charge >= 0.3 is 5.97 Å². The second-order valence-electron chi connectivity index (χ2n) is 5.55. The number of hydrogen-bond acceptors (Lipinski definition) is 4. The van der Waals surface area contributed by atoms with Crippen molar-refractivity contribution in [3.63, 3.8) is 0 Å². The molecule has 2 saturated heterocycles. The molecule has 2 fully saturated rings. The average molecular weight is 284 g/mol. The lowest BCUT2D eigenvalue weighted by atomic mass is 10.1. The van der Waals surface area contributed by atoms with Crippen molar-refractivity contribution in [3.05, 3.63) is 0 Å². The van der Waals surface area contributed by atoms with Crippen molar-refractivity contribution >= 4 is 11.9 Å². The Balaban J connectivity index is 1.69. The quantitative estimate of drug-likeness (QED) is 0.747. The van der Waals surface area contributed by atoms with Crippen LogP contribution in [0.1, 0.15) is 38.5 Å². The maximum atomic E-state index is 12.1. The molecule has 0 bridgehead atoms. The number of aliphatic carboxylic acids is 1. The van der Waals surface area contributed by atoms with Gasteiger partial charge in [-0.1, -0.05) is 0 Å². The predicted molar refractivity (Wildman–Crippen MR) is 73.4 cm³/mol. The van der Waals surface area contributed by atoms with Crippen LogP contribution in [-0.4, -0.2) is 60.3 Å². The standard InChI is InChI=1S/C14H24N2O4/c17-13(5-9-20-12-3-6-15-7-4-12)16-8-1-2-11(16)10-14(18)19/h11-12,15H,1-10H2,(H,18,19). The number of carbonyl (C=O) groups excluding carboxylic acids is 1. The van der Waals surface area contributed by atoms with Gasteiger partial charge in [0.1, 0.15) is 0 Å². The van der Waals surface area contributed by atoms with Crippen molar-refractivity contribution in [1.29, 1.82) is 0 Å². The first kappa shape index (κ1) is 15.3. The van der Waals surface area contributed by atoms with Crippen LogP contribution in [0.4, 0.5) is 0 Å². The molecule has 1 unspecified atom stereocenters. The largest absolute Gasteiger partial charge is 0.481 e. The summed E-state index contributed by atoms with van der Waals surface area (Å²) in [5.41, 5.74) is 0. The molecule has 2 heterocycles. The third-order valence-electron chi connectivity index (χ3n) is 4.06. The number of likely N-dealkylation sites (tertiary alicyclic amines) is 1. The minimum Gasteiger partial charge on any atom is -0.481 e. The summed E-state index contributed by atoms with van der Waals surface area (Å²) in [6, 6.07) is -0.126. The zero-order valence-corrected chi connectivity index (χ0v) is 11.8. The Morgan fingerprint density at radius 1 is 1.25 bits per heavy atom. The molecule has 0 aromatic heterocycles. The number of rotatable bonds is 6. The molecule has 0 radical (unpaired) electrons. The van der Waals surface area contributed by atoms with E-state index in [4.69, 9.17) is 9.84 Å². The molecule has 6 heteroatoms. The predicted octanol–water partition coefficient (Wildman–Crippen LogP) is 0.611. The van der Waals surface area contributed by atoms with Gasteiger partial charge in [0.25, 0.3) is 0 Å². The third kappa shape index (κ3) is 4.45. The van der Waals surface area contributed by atoms with Crippen LogP contribution in [0.5, 0.6) is 0 Å². The number of carbonyl (C=O) groups is 2. The molecule has 0 saturated carbocycles. The van der Waals surface area contributed by atoms with E-state index >= 15 is 0 Å². The first-order chi connectivity index (χ1) is 9.66. The summed E-state index contributed by atoms with van der Waals surface area (Å²) in [6.45, 7) is 3.08. The van der Waals surface area contributed by atoms with Crippen LogP contribution < -0.4 is 5.32 Å². The fourth-order valence-electron chi connectivity index (χ4n) is 3.00. The van der Waals surface area contributed by atoms with Gasteiger partial charge in [-0.3, -0.25) is 9.59 Å².